The fourth-order valence-electron chi connectivity index (χ4n) is 2.14. The van der Waals surface area contributed by atoms with E-state index in [1.165, 1.54) is 11.9 Å². The number of hydrogen-bond donors (Lipinski definition) is 3. The van der Waals surface area contributed by atoms with Gasteiger partial charge in [-0.1, -0.05) is 11.6 Å². The molecule has 94 valence electrons. The number of rotatable bonds is 4. The molecule has 0 aliphatic carbocycles. The van der Waals surface area contributed by atoms with Crippen molar-refractivity contribution in [3.05, 3.63) is 24.3 Å². The standard InChI is InChI=1S/C12H16N6/c1-4-13-5-2-9(1)3-6-14-11-10-12(16-7-15-10)18-8-17-11/h1,7-8,13H,2-6H2,(H2,14,15,16,17,18). The van der Waals surface area contributed by atoms with Crippen molar-refractivity contribution in [1.29, 1.82) is 0 Å². The zero-order valence-electron chi connectivity index (χ0n) is 10.1. The van der Waals surface area contributed by atoms with Crippen molar-refractivity contribution in [2.45, 2.75) is 12.8 Å². The Morgan fingerprint density at radius 3 is 3.17 bits per heavy atom. The van der Waals surface area contributed by atoms with Gasteiger partial charge in [-0.05, 0) is 19.4 Å². The van der Waals surface area contributed by atoms with Gasteiger partial charge in [0.05, 0.1) is 6.33 Å². The molecule has 1 aliphatic heterocycles. The summed E-state index contributed by atoms with van der Waals surface area (Å²) < 4.78 is 0. The number of fused-ring (bicyclic) bond motifs is 1. The molecule has 2 aromatic rings. The lowest BCUT2D eigenvalue weighted by molar-refractivity contribution is 0.683. The van der Waals surface area contributed by atoms with Gasteiger partial charge < -0.3 is 15.6 Å². The van der Waals surface area contributed by atoms with Crippen LogP contribution in [0.4, 0.5) is 5.82 Å². The molecule has 0 saturated carbocycles. The predicted octanol–water partition coefficient (Wildman–Crippen LogP) is 1.07. The Labute approximate surface area is 105 Å². The van der Waals surface area contributed by atoms with Crippen molar-refractivity contribution < 1.29 is 0 Å². The first-order valence-electron chi connectivity index (χ1n) is 6.20. The molecule has 18 heavy (non-hydrogen) atoms. The summed E-state index contributed by atoms with van der Waals surface area (Å²) in [6.07, 6.45) is 7.65. The topological polar surface area (TPSA) is 78.5 Å². The first-order chi connectivity index (χ1) is 8.93. The van der Waals surface area contributed by atoms with Crippen LogP contribution in [0.5, 0.6) is 0 Å². The third-order valence-corrected chi connectivity index (χ3v) is 3.12. The summed E-state index contributed by atoms with van der Waals surface area (Å²) in [4.78, 5) is 15.5. The molecule has 3 heterocycles. The lowest BCUT2D eigenvalue weighted by atomic mass is 10.1. The first kappa shape index (κ1) is 11.2. The molecule has 3 rings (SSSR count). The van der Waals surface area contributed by atoms with Crippen LogP contribution in [0, 0.1) is 0 Å². The average molecular weight is 244 g/mol. The normalized spacial score (nSPS) is 15.7. The zero-order valence-corrected chi connectivity index (χ0v) is 10.1. The molecule has 1 aliphatic rings. The Hall–Kier alpha value is -1.95. The molecule has 2 aromatic heterocycles. The summed E-state index contributed by atoms with van der Waals surface area (Å²) >= 11 is 0. The van der Waals surface area contributed by atoms with Gasteiger partial charge in [0, 0.05) is 13.1 Å². The van der Waals surface area contributed by atoms with Crippen molar-refractivity contribution in [3.63, 3.8) is 0 Å². The maximum atomic E-state index is 4.24. The molecule has 0 spiro atoms. The Bertz CT molecular complexity index is 558. The van der Waals surface area contributed by atoms with Gasteiger partial charge in [0.25, 0.3) is 0 Å². The number of H-pyrrole nitrogens is 1. The highest BCUT2D eigenvalue weighted by Gasteiger charge is 2.06. The Kier molecular flexibility index (Phi) is 3.18. The van der Waals surface area contributed by atoms with Crippen molar-refractivity contribution in [1.82, 2.24) is 25.3 Å². The summed E-state index contributed by atoms with van der Waals surface area (Å²) in [6.45, 7) is 2.97. The number of nitrogens with zero attached hydrogens (tertiary/aromatic N) is 3. The molecule has 0 unspecified atom stereocenters. The van der Waals surface area contributed by atoms with Crippen molar-refractivity contribution in [3.8, 4) is 0 Å². The highest BCUT2D eigenvalue weighted by Crippen LogP contribution is 2.15. The molecule has 3 N–H and O–H groups in total. The third-order valence-electron chi connectivity index (χ3n) is 3.12. The summed E-state index contributed by atoms with van der Waals surface area (Å²) in [5.74, 6) is 0.826. The molecule has 0 fully saturated rings. The van der Waals surface area contributed by atoms with Crippen LogP contribution in [0.25, 0.3) is 11.2 Å². The fourth-order valence-corrected chi connectivity index (χ4v) is 2.14. The van der Waals surface area contributed by atoms with Crippen molar-refractivity contribution in [2.75, 3.05) is 25.0 Å². The molecule has 0 bridgehead atoms. The number of nitrogens with one attached hydrogen (secondary N) is 3. The first-order valence-corrected chi connectivity index (χ1v) is 6.20. The molecule has 0 amide bonds. The Morgan fingerprint density at radius 2 is 2.28 bits per heavy atom. The van der Waals surface area contributed by atoms with E-state index in [4.69, 9.17) is 0 Å². The summed E-state index contributed by atoms with van der Waals surface area (Å²) in [5, 5.41) is 6.65. The highest BCUT2D eigenvalue weighted by molar-refractivity contribution is 5.81. The van der Waals surface area contributed by atoms with E-state index in [-0.39, 0.29) is 0 Å². The maximum Gasteiger partial charge on any atom is 0.182 e. The fraction of sp³-hybridized carbons (Fsp3) is 0.417. The number of aromatic amines is 1. The highest BCUT2D eigenvalue weighted by atomic mass is 15.1. The van der Waals surface area contributed by atoms with E-state index in [0.29, 0.717) is 5.65 Å². The second-order valence-electron chi connectivity index (χ2n) is 4.32. The molecule has 6 nitrogen and oxygen atoms in total. The lowest BCUT2D eigenvalue weighted by Crippen LogP contribution is -2.21. The van der Waals surface area contributed by atoms with Gasteiger partial charge in [-0.3, -0.25) is 0 Å². The quantitative estimate of drug-likeness (QED) is 0.701. The van der Waals surface area contributed by atoms with Crippen LogP contribution in [-0.4, -0.2) is 39.6 Å². The molecule has 0 atom stereocenters. The van der Waals surface area contributed by atoms with Crippen LogP contribution >= 0.6 is 0 Å². The van der Waals surface area contributed by atoms with Crippen LogP contribution < -0.4 is 10.6 Å². The molecular formula is C12H16N6. The van der Waals surface area contributed by atoms with E-state index < -0.39 is 0 Å². The monoisotopic (exact) mass is 244 g/mol. The van der Waals surface area contributed by atoms with E-state index in [1.54, 1.807) is 6.33 Å². The SMILES string of the molecule is C1=C(CCNc2ncnc3nc[nH]c23)CCNC1. The smallest absolute Gasteiger partial charge is 0.182 e. The number of aromatic nitrogens is 4. The third kappa shape index (κ3) is 2.33. The van der Waals surface area contributed by atoms with E-state index >= 15 is 0 Å². The number of hydrogen-bond acceptors (Lipinski definition) is 5. The molecular weight excluding hydrogens is 228 g/mol. The zero-order chi connectivity index (χ0) is 12.2. The minimum Gasteiger partial charge on any atom is -0.368 e. The van der Waals surface area contributed by atoms with E-state index in [0.717, 1.165) is 43.8 Å². The summed E-state index contributed by atoms with van der Waals surface area (Å²) in [7, 11) is 0. The van der Waals surface area contributed by atoms with Gasteiger partial charge in [-0.15, -0.1) is 0 Å². The Morgan fingerprint density at radius 1 is 1.28 bits per heavy atom. The lowest BCUT2D eigenvalue weighted by Gasteiger charge is -2.14. The second-order valence-corrected chi connectivity index (χ2v) is 4.32. The van der Waals surface area contributed by atoms with Crippen molar-refractivity contribution in [2.24, 2.45) is 0 Å². The van der Waals surface area contributed by atoms with E-state index in [2.05, 4.69) is 36.6 Å². The largest absolute Gasteiger partial charge is 0.368 e. The van der Waals surface area contributed by atoms with Crippen LogP contribution in [0.2, 0.25) is 0 Å². The molecule has 0 radical (unpaired) electrons. The van der Waals surface area contributed by atoms with Crippen LogP contribution in [0.1, 0.15) is 12.8 Å². The second kappa shape index (κ2) is 5.14. The van der Waals surface area contributed by atoms with Gasteiger partial charge >= 0.3 is 0 Å². The summed E-state index contributed by atoms with van der Waals surface area (Å²) in [5.41, 5.74) is 3.08. The van der Waals surface area contributed by atoms with Gasteiger partial charge in [-0.2, -0.15) is 0 Å². The molecule has 6 heteroatoms. The van der Waals surface area contributed by atoms with Crippen LogP contribution in [0.3, 0.4) is 0 Å². The van der Waals surface area contributed by atoms with Gasteiger partial charge in [0.2, 0.25) is 0 Å². The average Bonchev–Trinajstić information content (AvgIpc) is 2.89. The minimum absolute atomic E-state index is 0.702. The van der Waals surface area contributed by atoms with E-state index in [1.807, 2.05) is 0 Å². The molecule has 0 saturated heterocycles. The van der Waals surface area contributed by atoms with Crippen LogP contribution in [-0.2, 0) is 0 Å². The predicted molar refractivity (Wildman–Crippen MR) is 70.4 cm³/mol. The summed E-state index contributed by atoms with van der Waals surface area (Å²) in [6, 6.07) is 0. The number of imidazole rings is 1. The Balaban J connectivity index is 1.62. The van der Waals surface area contributed by atoms with Crippen LogP contribution in [0.15, 0.2) is 24.3 Å². The molecule has 0 aromatic carbocycles. The van der Waals surface area contributed by atoms with E-state index in [9.17, 15) is 0 Å². The minimum atomic E-state index is 0.702. The number of anilines is 1. The van der Waals surface area contributed by atoms with Gasteiger partial charge in [0.15, 0.2) is 11.5 Å². The maximum absolute atomic E-state index is 4.24. The van der Waals surface area contributed by atoms with Gasteiger partial charge in [-0.25, -0.2) is 15.0 Å². The van der Waals surface area contributed by atoms with Crippen molar-refractivity contribution >= 4 is 17.0 Å². The van der Waals surface area contributed by atoms with Gasteiger partial charge in [0.1, 0.15) is 11.8 Å².